The number of hydrogen-bond acceptors (Lipinski definition) is 1. The quantitative estimate of drug-likeness (QED) is 0.582. The van der Waals surface area contributed by atoms with Crippen molar-refractivity contribution in [3.8, 4) is 0 Å². The lowest BCUT2D eigenvalue weighted by molar-refractivity contribution is 0.515. The Bertz CT molecular complexity index is 458. The molecule has 16 heavy (non-hydrogen) atoms. The summed E-state index contributed by atoms with van der Waals surface area (Å²) in [4.78, 5) is 0. The maximum atomic E-state index is 5.59. The predicted octanol–water partition coefficient (Wildman–Crippen LogP) is 4.44. The van der Waals surface area contributed by atoms with E-state index in [1.165, 1.54) is 22.3 Å². The van der Waals surface area contributed by atoms with Crippen molar-refractivity contribution in [2.75, 3.05) is 0 Å². The lowest BCUT2D eigenvalue weighted by Gasteiger charge is -2.06. The summed E-state index contributed by atoms with van der Waals surface area (Å²) in [5.74, 6) is 1.05. The maximum absolute atomic E-state index is 5.59. The van der Waals surface area contributed by atoms with Gasteiger partial charge in [-0.2, -0.15) is 0 Å². The fourth-order valence-corrected chi connectivity index (χ4v) is 1.97. The maximum Gasteiger partial charge on any atom is 0.115 e. The van der Waals surface area contributed by atoms with E-state index in [9.17, 15) is 0 Å². The molecule has 0 bridgehead atoms. The second-order valence-electron chi connectivity index (χ2n) is 4.50. The number of furan rings is 1. The van der Waals surface area contributed by atoms with Crippen LogP contribution in [0.2, 0.25) is 0 Å². The lowest BCUT2D eigenvalue weighted by Crippen LogP contribution is -1.92. The Labute approximate surface area is 97.2 Å². The number of fused-ring (bicyclic) bond motifs is 1. The van der Waals surface area contributed by atoms with E-state index in [1.54, 1.807) is 0 Å². The van der Waals surface area contributed by atoms with Crippen LogP contribution in [0.1, 0.15) is 36.7 Å². The zero-order valence-electron chi connectivity index (χ0n) is 10.0. The second kappa shape index (κ2) is 4.56. The number of allylic oxidation sites excluding steroid dienone is 4. The van der Waals surface area contributed by atoms with E-state index in [2.05, 4.69) is 38.7 Å². The van der Waals surface area contributed by atoms with Crippen LogP contribution in [0, 0.1) is 6.92 Å². The molecule has 0 radical (unpaired) electrons. The molecular weight excluding hydrogens is 196 g/mol. The number of hydrogen-bond donors (Lipinski definition) is 0. The first-order valence-electron chi connectivity index (χ1n) is 5.75. The summed E-state index contributed by atoms with van der Waals surface area (Å²) >= 11 is 0. The van der Waals surface area contributed by atoms with E-state index in [4.69, 9.17) is 4.42 Å². The molecule has 0 saturated carbocycles. The first-order chi connectivity index (χ1) is 7.66. The van der Waals surface area contributed by atoms with E-state index in [-0.39, 0.29) is 0 Å². The van der Waals surface area contributed by atoms with Crippen molar-refractivity contribution in [1.29, 1.82) is 0 Å². The van der Waals surface area contributed by atoms with Gasteiger partial charge in [0, 0.05) is 12.0 Å². The predicted molar refractivity (Wildman–Crippen MR) is 68.3 cm³/mol. The van der Waals surface area contributed by atoms with E-state index in [0.717, 1.165) is 25.0 Å². The first kappa shape index (κ1) is 11.0. The Morgan fingerprint density at radius 2 is 2.06 bits per heavy atom. The molecule has 1 aromatic heterocycles. The zero-order valence-corrected chi connectivity index (χ0v) is 10.0. The molecular formula is C15H18O. The summed E-state index contributed by atoms with van der Waals surface area (Å²) in [7, 11) is 0. The summed E-state index contributed by atoms with van der Waals surface area (Å²) in [6.45, 7) is 8.33. The smallest absolute Gasteiger partial charge is 0.115 e. The minimum Gasteiger partial charge on any atom is -0.468 e. The fraction of sp³-hybridized carbons (Fsp3) is 0.333. The van der Waals surface area contributed by atoms with E-state index in [1.807, 2.05) is 6.26 Å². The van der Waals surface area contributed by atoms with Gasteiger partial charge in [-0.25, -0.2) is 0 Å². The molecule has 0 N–H and O–H groups in total. The van der Waals surface area contributed by atoms with Gasteiger partial charge in [-0.15, -0.1) is 0 Å². The molecule has 0 aliphatic heterocycles. The van der Waals surface area contributed by atoms with Gasteiger partial charge in [0.2, 0.25) is 0 Å². The van der Waals surface area contributed by atoms with Gasteiger partial charge in [-0.1, -0.05) is 36.0 Å². The highest BCUT2D eigenvalue weighted by Gasteiger charge is 2.10. The molecule has 0 spiro atoms. The molecule has 1 aromatic rings. The normalized spacial score (nSPS) is 16.9. The number of rotatable bonds is 0. The minimum absolute atomic E-state index is 0.862. The molecule has 1 heteroatoms. The SMILES string of the molecule is C=C1CCC=C(C)C=Cc2c(C)coc2C1. The van der Waals surface area contributed by atoms with Crippen LogP contribution < -0.4 is 0 Å². The standard InChI is InChI=1S/C15H18O/c1-11-5-4-6-12(2)9-15-14(8-7-11)13(3)10-16-15/h5,7-8,10H,2,4,6,9H2,1,3H3. The second-order valence-corrected chi connectivity index (χ2v) is 4.50. The molecule has 0 amide bonds. The highest BCUT2D eigenvalue weighted by Crippen LogP contribution is 2.24. The van der Waals surface area contributed by atoms with Crippen molar-refractivity contribution in [1.82, 2.24) is 0 Å². The van der Waals surface area contributed by atoms with Gasteiger partial charge >= 0.3 is 0 Å². The van der Waals surface area contributed by atoms with Gasteiger partial charge in [0.05, 0.1) is 6.26 Å². The Morgan fingerprint density at radius 1 is 1.25 bits per heavy atom. The van der Waals surface area contributed by atoms with Crippen LogP contribution in [0.3, 0.4) is 0 Å². The molecule has 0 aromatic carbocycles. The summed E-state index contributed by atoms with van der Waals surface area (Å²) in [5, 5.41) is 0. The Kier molecular flexibility index (Phi) is 3.14. The van der Waals surface area contributed by atoms with Gasteiger partial charge in [0.15, 0.2) is 0 Å². The molecule has 1 aliphatic rings. The Hall–Kier alpha value is -1.50. The van der Waals surface area contributed by atoms with Crippen LogP contribution in [0.15, 0.2) is 40.6 Å². The van der Waals surface area contributed by atoms with Crippen molar-refractivity contribution < 1.29 is 4.42 Å². The van der Waals surface area contributed by atoms with E-state index in [0.29, 0.717) is 0 Å². The fourth-order valence-electron chi connectivity index (χ4n) is 1.97. The van der Waals surface area contributed by atoms with Crippen LogP contribution >= 0.6 is 0 Å². The van der Waals surface area contributed by atoms with Crippen molar-refractivity contribution >= 4 is 6.08 Å². The molecule has 1 nitrogen and oxygen atoms in total. The van der Waals surface area contributed by atoms with Crippen molar-refractivity contribution in [3.05, 3.63) is 53.0 Å². The average molecular weight is 214 g/mol. The summed E-state index contributed by atoms with van der Waals surface area (Å²) in [6.07, 6.45) is 11.4. The Balaban J connectivity index is 2.41. The monoisotopic (exact) mass is 214 g/mol. The van der Waals surface area contributed by atoms with Gasteiger partial charge in [0.1, 0.15) is 5.76 Å². The van der Waals surface area contributed by atoms with Crippen LogP contribution in [-0.2, 0) is 6.42 Å². The minimum atomic E-state index is 0.862. The van der Waals surface area contributed by atoms with Crippen LogP contribution in [0.5, 0.6) is 0 Å². The highest BCUT2D eigenvalue weighted by molar-refractivity contribution is 5.58. The molecule has 0 atom stereocenters. The summed E-state index contributed by atoms with van der Waals surface area (Å²) in [5.41, 5.74) is 4.97. The topological polar surface area (TPSA) is 13.1 Å². The highest BCUT2D eigenvalue weighted by atomic mass is 16.3. The van der Waals surface area contributed by atoms with Crippen molar-refractivity contribution in [3.63, 3.8) is 0 Å². The van der Waals surface area contributed by atoms with Crippen molar-refractivity contribution in [2.45, 2.75) is 33.1 Å². The lowest BCUT2D eigenvalue weighted by atomic mass is 10.00. The largest absolute Gasteiger partial charge is 0.468 e. The summed E-state index contributed by atoms with van der Waals surface area (Å²) in [6, 6.07) is 0. The molecule has 1 aliphatic carbocycles. The zero-order chi connectivity index (χ0) is 11.5. The van der Waals surface area contributed by atoms with Crippen LogP contribution in [0.25, 0.3) is 6.08 Å². The third-order valence-corrected chi connectivity index (χ3v) is 2.99. The van der Waals surface area contributed by atoms with Crippen LogP contribution in [-0.4, -0.2) is 0 Å². The van der Waals surface area contributed by atoms with Crippen molar-refractivity contribution in [2.24, 2.45) is 0 Å². The molecule has 84 valence electrons. The third-order valence-electron chi connectivity index (χ3n) is 2.99. The Morgan fingerprint density at radius 3 is 2.88 bits per heavy atom. The van der Waals surface area contributed by atoms with E-state index >= 15 is 0 Å². The molecule has 2 rings (SSSR count). The third kappa shape index (κ3) is 2.35. The molecule has 1 heterocycles. The average Bonchev–Trinajstić information content (AvgIpc) is 2.57. The van der Waals surface area contributed by atoms with Gasteiger partial charge < -0.3 is 4.42 Å². The molecule has 0 unspecified atom stereocenters. The van der Waals surface area contributed by atoms with Gasteiger partial charge in [-0.05, 0) is 32.3 Å². The number of aryl methyl sites for hydroxylation is 1. The van der Waals surface area contributed by atoms with Gasteiger partial charge in [-0.3, -0.25) is 0 Å². The van der Waals surface area contributed by atoms with Crippen LogP contribution in [0.4, 0.5) is 0 Å². The molecule has 0 fully saturated rings. The first-order valence-corrected chi connectivity index (χ1v) is 5.75. The van der Waals surface area contributed by atoms with E-state index < -0.39 is 0 Å². The summed E-state index contributed by atoms with van der Waals surface area (Å²) < 4.78 is 5.59. The molecule has 0 saturated heterocycles. The van der Waals surface area contributed by atoms with Gasteiger partial charge in [0.25, 0.3) is 0 Å².